The number of amides is 1. The first-order valence-corrected chi connectivity index (χ1v) is 6.39. The largest absolute Gasteiger partial charge is 0.314 e. The van der Waals surface area contributed by atoms with Crippen molar-refractivity contribution < 1.29 is 18.5 Å². The molecule has 0 aliphatic carbocycles. The highest BCUT2D eigenvalue weighted by Crippen LogP contribution is 2.28. The fourth-order valence-corrected chi connectivity index (χ4v) is 2.20. The Kier molecular flexibility index (Phi) is 4.27. The summed E-state index contributed by atoms with van der Waals surface area (Å²) in [6.07, 6.45) is 0. The van der Waals surface area contributed by atoms with Gasteiger partial charge in [0.05, 0.1) is 10.5 Å². The van der Waals surface area contributed by atoms with E-state index in [1.54, 1.807) is 0 Å². The molecule has 0 fully saturated rings. The third-order valence-electron chi connectivity index (χ3n) is 2.62. The second kappa shape index (κ2) is 5.96. The van der Waals surface area contributed by atoms with Crippen LogP contribution >= 0.6 is 15.9 Å². The molecule has 0 saturated carbocycles. The number of benzene rings is 2. The van der Waals surface area contributed by atoms with Gasteiger partial charge < -0.3 is 5.32 Å². The summed E-state index contributed by atoms with van der Waals surface area (Å²) in [5.41, 5.74) is -1.59. The van der Waals surface area contributed by atoms with Crippen LogP contribution in [0.3, 0.4) is 0 Å². The number of nitrogens with zero attached hydrogens (tertiary/aromatic N) is 1. The summed E-state index contributed by atoms with van der Waals surface area (Å²) in [5, 5.41) is 12.9. The van der Waals surface area contributed by atoms with Crippen molar-refractivity contribution in [2.75, 3.05) is 5.32 Å². The molecule has 2 aromatic carbocycles. The first-order chi connectivity index (χ1) is 9.91. The molecule has 0 saturated heterocycles. The van der Waals surface area contributed by atoms with E-state index < -0.39 is 33.8 Å². The van der Waals surface area contributed by atoms with Gasteiger partial charge in [-0.3, -0.25) is 14.9 Å². The van der Waals surface area contributed by atoms with Crippen LogP contribution in [0.2, 0.25) is 0 Å². The zero-order valence-electron chi connectivity index (χ0n) is 10.3. The van der Waals surface area contributed by atoms with Crippen molar-refractivity contribution in [1.29, 1.82) is 0 Å². The zero-order valence-corrected chi connectivity index (χ0v) is 11.9. The highest BCUT2D eigenvalue weighted by molar-refractivity contribution is 9.10. The van der Waals surface area contributed by atoms with Crippen LogP contribution in [0.5, 0.6) is 0 Å². The zero-order chi connectivity index (χ0) is 15.6. The standard InChI is InChI=1S/C13H7BrF2N2O3/c14-7-3-1-4-8(15)11(7)13(19)17-12-9(16)5-2-6-10(12)18(20)21/h1-6H,(H,17,19). The van der Waals surface area contributed by atoms with Crippen molar-refractivity contribution in [2.45, 2.75) is 0 Å². The third kappa shape index (κ3) is 3.05. The van der Waals surface area contributed by atoms with Crippen molar-refractivity contribution in [2.24, 2.45) is 0 Å². The molecule has 0 heterocycles. The van der Waals surface area contributed by atoms with Crippen molar-refractivity contribution in [3.05, 3.63) is 68.2 Å². The highest BCUT2D eigenvalue weighted by atomic mass is 79.9. The number of carbonyl (C=O) groups is 1. The third-order valence-corrected chi connectivity index (χ3v) is 3.28. The number of carbonyl (C=O) groups excluding carboxylic acids is 1. The fraction of sp³-hybridized carbons (Fsp3) is 0. The van der Waals surface area contributed by atoms with Crippen molar-refractivity contribution >= 4 is 33.2 Å². The molecule has 0 bridgehead atoms. The molecule has 1 N–H and O–H groups in total. The monoisotopic (exact) mass is 356 g/mol. The number of rotatable bonds is 3. The van der Waals surface area contributed by atoms with Crippen LogP contribution in [0.15, 0.2) is 40.9 Å². The molecular formula is C13H7BrF2N2O3. The molecular weight excluding hydrogens is 350 g/mol. The van der Waals surface area contributed by atoms with Gasteiger partial charge in [-0.1, -0.05) is 12.1 Å². The number of anilines is 1. The molecule has 5 nitrogen and oxygen atoms in total. The van der Waals surface area contributed by atoms with E-state index in [0.717, 1.165) is 24.3 Å². The molecule has 108 valence electrons. The van der Waals surface area contributed by atoms with Crippen LogP contribution in [0.25, 0.3) is 0 Å². The Labute approximate surface area is 125 Å². The van der Waals surface area contributed by atoms with Crippen LogP contribution in [0.4, 0.5) is 20.2 Å². The van der Waals surface area contributed by atoms with E-state index in [1.807, 2.05) is 5.32 Å². The van der Waals surface area contributed by atoms with E-state index in [-0.39, 0.29) is 10.0 Å². The predicted molar refractivity (Wildman–Crippen MR) is 75.1 cm³/mol. The fourth-order valence-electron chi connectivity index (χ4n) is 1.68. The van der Waals surface area contributed by atoms with Gasteiger partial charge in [0.25, 0.3) is 11.6 Å². The lowest BCUT2D eigenvalue weighted by atomic mass is 10.2. The van der Waals surface area contributed by atoms with E-state index in [2.05, 4.69) is 15.9 Å². The minimum atomic E-state index is -0.992. The summed E-state index contributed by atoms with van der Waals surface area (Å²) in [6.45, 7) is 0. The summed E-state index contributed by atoms with van der Waals surface area (Å²) in [4.78, 5) is 22.0. The number of halogens is 3. The second-order valence-electron chi connectivity index (χ2n) is 3.94. The maximum absolute atomic E-state index is 13.7. The number of nitro benzene ring substituents is 1. The van der Waals surface area contributed by atoms with Gasteiger partial charge in [0, 0.05) is 10.5 Å². The molecule has 0 aliphatic heterocycles. The molecule has 21 heavy (non-hydrogen) atoms. The number of para-hydroxylation sites is 1. The van der Waals surface area contributed by atoms with Gasteiger partial charge in [0.1, 0.15) is 5.82 Å². The van der Waals surface area contributed by atoms with Gasteiger partial charge in [0.2, 0.25) is 0 Å². The number of hydrogen-bond donors (Lipinski definition) is 1. The quantitative estimate of drug-likeness (QED) is 0.669. The van der Waals surface area contributed by atoms with Gasteiger partial charge >= 0.3 is 0 Å². The number of nitro groups is 1. The summed E-state index contributed by atoms with van der Waals surface area (Å²) in [7, 11) is 0. The molecule has 0 atom stereocenters. The van der Waals surface area contributed by atoms with E-state index in [0.29, 0.717) is 0 Å². The van der Waals surface area contributed by atoms with Crippen LogP contribution in [-0.2, 0) is 0 Å². The first kappa shape index (κ1) is 15.0. The SMILES string of the molecule is O=C(Nc1c(F)cccc1[N+](=O)[O-])c1c(F)cccc1Br. The van der Waals surface area contributed by atoms with Gasteiger partial charge in [-0.15, -0.1) is 0 Å². The number of nitrogens with one attached hydrogen (secondary N) is 1. The van der Waals surface area contributed by atoms with Crippen LogP contribution in [0, 0.1) is 21.7 Å². The summed E-state index contributed by atoms with van der Waals surface area (Å²) in [6, 6.07) is 6.99. The molecule has 1 amide bonds. The molecule has 0 aliphatic rings. The summed E-state index contributed by atoms with van der Waals surface area (Å²) < 4.78 is 27.5. The van der Waals surface area contributed by atoms with Gasteiger partial charge in [0.15, 0.2) is 11.5 Å². The van der Waals surface area contributed by atoms with Crippen molar-refractivity contribution in [1.82, 2.24) is 0 Å². The maximum atomic E-state index is 13.7. The Hall–Kier alpha value is -2.35. The molecule has 0 radical (unpaired) electrons. The van der Waals surface area contributed by atoms with Crippen molar-refractivity contribution in [3.63, 3.8) is 0 Å². The molecule has 8 heteroatoms. The van der Waals surface area contributed by atoms with Gasteiger partial charge in [-0.05, 0) is 34.1 Å². The lowest BCUT2D eigenvalue weighted by molar-refractivity contribution is -0.384. The topological polar surface area (TPSA) is 72.2 Å². The van der Waals surface area contributed by atoms with E-state index >= 15 is 0 Å². The first-order valence-electron chi connectivity index (χ1n) is 5.60. The minimum absolute atomic E-state index is 0.152. The minimum Gasteiger partial charge on any atom is -0.314 e. The molecule has 0 unspecified atom stereocenters. The Morgan fingerprint density at radius 3 is 2.38 bits per heavy atom. The van der Waals surface area contributed by atoms with Crippen LogP contribution < -0.4 is 5.32 Å². The lowest BCUT2D eigenvalue weighted by Gasteiger charge is -2.09. The highest BCUT2D eigenvalue weighted by Gasteiger charge is 2.23. The van der Waals surface area contributed by atoms with E-state index in [4.69, 9.17) is 0 Å². The summed E-state index contributed by atoms with van der Waals surface area (Å²) >= 11 is 3.00. The smallest absolute Gasteiger partial charge is 0.295 e. The Bertz CT molecular complexity index is 717. The van der Waals surface area contributed by atoms with Gasteiger partial charge in [-0.25, -0.2) is 8.78 Å². The van der Waals surface area contributed by atoms with E-state index in [9.17, 15) is 23.7 Å². The Morgan fingerprint density at radius 1 is 1.14 bits per heavy atom. The van der Waals surface area contributed by atoms with Crippen molar-refractivity contribution in [3.8, 4) is 0 Å². The Balaban J connectivity index is 2.44. The molecule has 0 spiro atoms. The normalized spacial score (nSPS) is 10.2. The maximum Gasteiger partial charge on any atom is 0.295 e. The molecule has 2 rings (SSSR count). The molecule has 0 aromatic heterocycles. The lowest BCUT2D eigenvalue weighted by Crippen LogP contribution is -2.16. The van der Waals surface area contributed by atoms with Gasteiger partial charge in [-0.2, -0.15) is 0 Å². The predicted octanol–water partition coefficient (Wildman–Crippen LogP) is 3.89. The molecule has 2 aromatic rings. The Morgan fingerprint density at radius 2 is 1.76 bits per heavy atom. The average Bonchev–Trinajstić information content (AvgIpc) is 2.40. The van der Waals surface area contributed by atoms with E-state index in [1.165, 1.54) is 12.1 Å². The number of hydrogen-bond acceptors (Lipinski definition) is 3. The summed E-state index contributed by atoms with van der Waals surface area (Å²) in [5.74, 6) is -2.81. The average molecular weight is 357 g/mol. The second-order valence-corrected chi connectivity index (χ2v) is 4.80. The van der Waals surface area contributed by atoms with Crippen LogP contribution in [0.1, 0.15) is 10.4 Å². The van der Waals surface area contributed by atoms with Crippen LogP contribution in [-0.4, -0.2) is 10.8 Å².